The van der Waals surface area contributed by atoms with E-state index in [0.717, 1.165) is 0 Å². The topological polar surface area (TPSA) is 71.2 Å². The molecule has 0 aromatic carbocycles. The van der Waals surface area contributed by atoms with Gasteiger partial charge in [0.15, 0.2) is 5.82 Å². The summed E-state index contributed by atoms with van der Waals surface area (Å²) in [5, 5.41) is 3.88. The van der Waals surface area contributed by atoms with Gasteiger partial charge >= 0.3 is 0 Å². The average Bonchev–Trinajstić information content (AvgIpc) is 2.29. The minimum Gasteiger partial charge on any atom is -0.369 e. The highest BCUT2D eigenvalue weighted by molar-refractivity contribution is 6.37. The molecule has 0 spiro atoms. The zero-order chi connectivity index (χ0) is 14.6. The first kappa shape index (κ1) is 15.9. The highest BCUT2D eigenvalue weighted by Gasteiger charge is 2.19. The number of nitrogens with one attached hydrogen (secondary N) is 1. The second kappa shape index (κ2) is 6.82. The number of rotatable bonds is 6. The third kappa shape index (κ3) is 4.14. The summed E-state index contributed by atoms with van der Waals surface area (Å²) < 4.78 is 0. The van der Waals surface area contributed by atoms with Gasteiger partial charge in [0.1, 0.15) is 5.82 Å². The predicted octanol–water partition coefficient (Wildman–Crippen LogP) is 2.52. The number of carbonyl (C=O) groups excluding carboxylic acids is 1. The molecular weight excluding hydrogens is 287 g/mol. The Kier molecular flexibility index (Phi) is 5.69. The molecule has 0 unspecified atom stereocenters. The summed E-state index contributed by atoms with van der Waals surface area (Å²) in [6.45, 7) is 6.55. The number of aromatic nitrogens is 1. The lowest BCUT2D eigenvalue weighted by Gasteiger charge is -2.27. The summed E-state index contributed by atoms with van der Waals surface area (Å²) >= 11 is 12.2. The molecule has 19 heavy (non-hydrogen) atoms. The van der Waals surface area contributed by atoms with E-state index in [2.05, 4.69) is 10.3 Å². The Balaban J connectivity index is 3.21. The summed E-state index contributed by atoms with van der Waals surface area (Å²) in [5.74, 6) is 0.598. The van der Waals surface area contributed by atoms with Crippen molar-refractivity contribution in [1.82, 2.24) is 4.98 Å². The molecule has 7 heteroatoms. The molecule has 0 bridgehead atoms. The number of nitrogens with zero attached hydrogens (tertiary/aromatic N) is 2. The van der Waals surface area contributed by atoms with Gasteiger partial charge in [0.25, 0.3) is 0 Å². The molecule has 1 amide bonds. The van der Waals surface area contributed by atoms with Crippen molar-refractivity contribution in [2.45, 2.75) is 26.8 Å². The summed E-state index contributed by atoms with van der Waals surface area (Å²) in [6.07, 6.45) is 0. The van der Waals surface area contributed by atoms with Crippen LogP contribution < -0.4 is 16.0 Å². The Hall–Kier alpha value is -1.20. The quantitative estimate of drug-likeness (QED) is 0.847. The van der Waals surface area contributed by atoms with E-state index in [1.165, 1.54) is 0 Å². The smallest absolute Gasteiger partial charge is 0.237 e. The largest absolute Gasteiger partial charge is 0.369 e. The number of nitrogens with two attached hydrogens (primary N) is 1. The van der Waals surface area contributed by atoms with Crippen LogP contribution in [0, 0.1) is 0 Å². The molecule has 106 valence electrons. The van der Waals surface area contributed by atoms with E-state index in [1.807, 2.05) is 20.8 Å². The van der Waals surface area contributed by atoms with Crippen molar-refractivity contribution in [2.24, 2.45) is 5.73 Å². The molecule has 0 radical (unpaired) electrons. The molecule has 5 nitrogen and oxygen atoms in total. The zero-order valence-corrected chi connectivity index (χ0v) is 12.7. The number of pyridine rings is 1. The molecular formula is C12H18Cl2N4O. The highest BCUT2D eigenvalue weighted by Crippen LogP contribution is 2.32. The Labute approximate surface area is 123 Å². The van der Waals surface area contributed by atoms with Crippen LogP contribution >= 0.6 is 23.2 Å². The molecule has 1 rings (SSSR count). The number of amides is 1. The van der Waals surface area contributed by atoms with Crippen molar-refractivity contribution in [3.05, 3.63) is 16.1 Å². The summed E-state index contributed by atoms with van der Waals surface area (Å²) in [5.41, 5.74) is 5.25. The van der Waals surface area contributed by atoms with Gasteiger partial charge in [0, 0.05) is 12.6 Å². The lowest BCUT2D eigenvalue weighted by molar-refractivity contribution is -0.116. The lowest BCUT2D eigenvalue weighted by atomic mass is 10.3. The van der Waals surface area contributed by atoms with Crippen LogP contribution in [0.2, 0.25) is 10.0 Å². The van der Waals surface area contributed by atoms with Crippen molar-refractivity contribution < 1.29 is 4.79 Å². The Morgan fingerprint density at radius 3 is 2.58 bits per heavy atom. The normalized spacial score (nSPS) is 10.6. The summed E-state index contributed by atoms with van der Waals surface area (Å²) in [4.78, 5) is 17.3. The van der Waals surface area contributed by atoms with Crippen LogP contribution in [0.1, 0.15) is 20.8 Å². The molecule has 1 aromatic rings. The number of primary amides is 1. The molecule has 0 aliphatic heterocycles. The van der Waals surface area contributed by atoms with E-state index < -0.39 is 5.91 Å². The summed E-state index contributed by atoms with van der Waals surface area (Å²) in [6, 6.07) is 1.65. The molecule has 0 fully saturated rings. The van der Waals surface area contributed by atoms with Gasteiger partial charge in [-0.05, 0) is 26.8 Å². The first-order chi connectivity index (χ1) is 8.86. The fourth-order valence-electron chi connectivity index (χ4n) is 1.62. The number of hydrogen-bond donors (Lipinski definition) is 2. The third-order valence-electron chi connectivity index (χ3n) is 2.48. The number of halogens is 2. The van der Waals surface area contributed by atoms with Crippen LogP contribution in [0.25, 0.3) is 0 Å². The van der Waals surface area contributed by atoms with Crippen LogP contribution in [0.4, 0.5) is 11.6 Å². The van der Waals surface area contributed by atoms with Gasteiger partial charge in [-0.15, -0.1) is 0 Å². The van der Waals surface area contributed by atoms with E-state index in [9.17, 15) is 4.79 Å². The van der Waals surface area contributed by atoms with E-state index in [1.54, 1.807) is 11.0 Å². The predicted molar refractivity (Wildman–Crippen MR) is 80.1 cm³/mol. The zero-order valence-electron chi connectivity index (χ0n) is 11.2. The van der Waals surface area contributed by atoms with E-state index in [4.69, 9.17) is 28.9 Å². The van der Waals surface area contributed by atoms with Crippen molar-refractivity contribution in [1.29, 1.82) is 0 Å². The second-order valence-electron chi connectivity index (χ2n) is 4.34. The van der Waals surface area contributed by atoms with Gasteiger partial charge in [-0.2, -0.15) is 0 Å². The van der Waals surface area contributed by atoms with E-state index in [-0.39, 0.29) is 12.6 Å². The minimum atomic E-state index is -0.438. The standard InChI is InChI=1S/C12H18Cl2N4O/c1-4-16-11-8(13)5-9(14)12(17-11)18(7(2)3)6-10(15)19/h5,7H,4,6H2,1-3H3,(H2,15,19)(H,16,17). The maximum atomic E-state index is 11.1. The molecule has 0 aliphatic rings. The fourth-order valence-corrected chi connectivity index (χ4v) is 2.15. The SMILES string of the molecule is CCNc1nc(N(CC(N)=O)C(C)C)c(Cl)cc1Cl. The molecule has 0 saturated carbocycles. The lowest BCUT2D eigenvalue weighted by Crippen LogP contribution is -2.39. The van der Waals surface area contributed by atoms with Gasteiger partial charge in [-0.25, -0.2) is 4.98 Å². The molecule has 3 N–H and O–H groups in total. The van der Waals surface area contributed by atoms with Gasteiger partial charge in [0.2, 0.25) is 5.91 Å². The summed E-state index contributed by atoms with van der Waals surface area (Å²) in [7, 11) is 0. The maximum Gasteiger partial charge on any atom is 0.237 e. The first-order valence-electron chi connectivity index (χ1n) is 6.01. The monoisotopic (exact) mass is 304 g/mol. The molecule has 1 aromatic heterocycles. The number of hydrogen-bond acceptors (Lipinski definition) is 4. The molecule has 0 atom stereocenters. The van der Waals surface area contributed by atoms with E-state index >= 15 is 0 Å². The number of carbonyl (C=O) groups is 1. The van der Waals surface area contributed by atoms with Gasteiger partial charge in [0.05, 0.1) is 16.6 Å². The maximum absolute atomic E-state index is 11.1. The van der Waals surface area contributed by atoms with Crippen LogP contribution in [0.5, 0.6) is 0 Å². The van der Waals surface area contributed by atoms with Crippen molar-refractivity contribution >= 4 is 40.7 Å². The van der Waals surface area contributed by atoms with E-state index in [0.29, 0.717) is 28.2 Å². The average molecular weight is 305 g/mol. The van der Waals surface area contributed by atoms with Crippen LogP contribution in [-0.4, -0.2) is 30.0 Å². The first-order valence-corrected chi connectivity index (χ1v) is 6.77. The Morgan fingerprint density at radius 1 is 1.47 bits per heavy atom. The van der Waals surface area contributed by atoms with Crippen LogP contribution in [0.3, 0.4) is 0 Å². The Morgan fingerprint density at radius 2 is 2.11 bits per heavy atom. The van der Waals surface area contributed by atoms with Crippen LogP contribution in [0.15, 0.2) is 6.07 Å². The fraction of sp³-hybridized carbons (Fsp3) is 0.500. The second-order valence-corrected chi connectivity index (χ2v) is 5.16. The highest BCUT2D eigenvalue weighted by atomic mass is 35.5. The molecule has 0 saturated heterocycles. The van der Waals surface area contributed by atoms with Crippen molar-refractivity contribution in [2.75, 3.05) is 23.3 Å². The van der Waals surface area contributed by atoms with Gasteiger partial charge in [-0.1, -0.05) is 23.2 Å². The number of anilines is 2. The van der Waals surface area contributed by atoms with Crippen molar-refractivity contribution in [3.8, 4) is 0 Å². The van der Waals surface area contributed by atoms with Crippen LogP contribution in [-0.2, 0) is 4.79 Å². The Bertz CT molecular complexity index is 465. The third-order valence-corrected chi connectivity index (χ3v) is 3.04. The van der Waals surface area contributed by atoms with Gasteiger partial charge < -0.3 is 16.0 Å². The molecule has 1 heterocycles. The minimum absolute atomic E-state index is 0.0353. The van der Waals surface area contributed by atoms with Gasteiger partial charge in [-0.3, -0.25) is 4.79 Å². The van der Waals surface area contributed by atoms with Crippen molar-refractivity contribution in [3.63, 3.8) is 0 Å². The molecule has 0 aliphatic carbocycles.